The monoisotopic (exact) mass is 552 g/mol. The van der Waals surface area contributed by atoms with E-state index in [1.807, 2.05) is 22.9 Å². The van der Waals surface area contributed by atoms with Crippen LogP contribution >= 0.6 is 0 Å². The number of fused-ring (bicyclic) bond motifs is 2. The van der Waals surface area contributed by atoms with Gasteiger partial charge in [-0.25, -0.2) is 4.68 Å². The fourth-order valence-electron chi connectivity index (χ4n) is 6.45. The smallest absolute Gasteiger partial charge is 0.251 e. The zero-order valence-electron chi connectivity index (χ0n) is 24.0. The first-order valence-electron chi connectivity index (χ1n) is 15.5. The second-order valence-corrected chi connectivity index (χ2v) is 12.0. The molecule has 7 rings (SSSR count). The van der Waals surface area contributed by atoms with Crippen molar-refractivity contribution >= 4 is 27.6 Å². The maximum absolute atomic E-state index is 13.0. The lowest BCUT2D eigenvalue weighted by atomic mass is 10.0. The van der Waals surface area contributed by atoms with Crippen LogP contribution in [0.1, 0.15) is 68.5 Å². The molecular weight excluding hydrogens is 512 g/mol. The molecule has 3 aliphatic rings. The van der Waals surface area contributed by atoms with Crippen molar-refractivity contribution in [1.82, 2.24) is 20.0 Å². The third-order valence-electron chi connectivity index (χ3n) is 9.08. The van der Waals surface area contributed by atoms with Gasteiger partial charge in [0.25, 0.3) is 5.91 Å². The molecule has 214 valence electrons. The highest BCUT2D eigenvalue weighted by molar-refractivity contribution is 6.02. The van der Waals surface area contributed by atoms with Crippen LogP contribution in [0.25, 0.3) is 32.9 Å². The highest BCUT2D eigenvalue weighted by Crippen LogP contribution is 2.35. The molecular formula is C34H40N4O3. The number of amides is 1. The fraction of sp³-hybridized carbons (Fsp3) is 0.471. The molecule has 3 aromatic carbocycles. The lowest BCUT2D eigenvalue weighted by Crippen LogP contribution is -2.33. The summed E-state index contributed by atoms with van der Waals surface area (Å²) in [5.41, 5.74) is 3.59. The lowest BCUT2D eigenvalue weighted by molar-refractivity contribution is -0.0365. The zero-order chi connectivity index (χ0) is 27.8. The van der Waals surface area contributed by atoms with E-state index in [4.69, 9.17) is 14.6 Å². The summed E-state index contributed by atoms with van der Waals surface area (Å²) in [4.78, 5) is 15.5. The molecule has 1 saturated carbocycles. The Labute approximate surface area is 241 Å². The third kappa shape index (κ3) is 5.57. The molecule has 1 aromatic heterocycles. The van der Waals surface area contributed by atoms with E-state index in [-0.39, 0.29) is 12.1 Å². The minimum absolute atomic E-state index is 0.0166. The molecule has 4 aromatic rings. The maximum Gasteiger partial charge on any atom is 0.251 e. The van der Waals surface area contributed by atoms with Gasteiger partial charge in [0.2, 0.25) is 0 Å². The van der Waals surface area contributed by atoms with Crippen molar-refractivity contribution in [2.24, 2.45) is 5.92 Å². The number of likely N-dealkylation sites (N-methyl/N-ethyl adjacent to an activating group) is 1. The van der Waals surface area contributed by atoms with Crippen molar-refractivity contribution in [3.63, 3.8) is 0 Å². The van der Waals surface area contributed by atoms with E-state index in [0.29, 0.717) is 17.5 Å². The molecule has 0 spiro atoms. The van der Waals surface area contributed by atoms with E-state index in [0.717, 1.165) is 84.2 Å². The van der Waals surface area contributed by atoms with Crippen LogP contribution in [0.2, 0.25) is 0 Å². The molecule has 7 nitrogen and oxygen atoms in total. The highest BCUT2D eigenvalue weighted by Gasteiger charge is 2.25. The van der Waals surface area contributed by atoms with E-state index in [1.165, 1.54) is 32.2 Å². The Hall–Kier alpha value is -3.42. The number of carbonyl (C=O) groups is 1. The summed E-state index contributed by atoms with van der Waals surface area (Å²) in [6, 6.07) is 19.3. The van der Waals surface area contributed by atoms with Gasteiger partial charge in [-0.1, -0.05) is 25.1 Å². The van der Waals surface area contributed by atoms with Crippen LogP contribution in [-0.2, 0) is 4.74 Å². The number of hydrogen-bond acceptors (Lipinski definition) is 5. The molecule has 2 atom stereocenters. The second kappa shape index (κ2) is 11.5. The summed E-state index contributed by atoms with van der Waals surface area (Å²) in [7, 11) is 0. The number of aromatic nitrogens is 2. The molecule has 1 amide bonds. The number of rotatable bonds is 9. The van der Waals surface area contributed by atoms with Crippen molar-refractivity contribution in [3.8, 4) is 17.0 Å². The van der Waals surface area contributed by atoms with Crippen LogP contribution in [0.5, 0.6) is 5.75 Å². The summed E-state index contributed by atoms with van der Waals surface area (Å²) in [5, 5.41) is 11.5. The van der Waals surface area contributed by atoms with Gasteiger partial charge in [-0.3, -0.25) is 9.69 Å². The Morgan fingerprint density at radius 1 is 1.00 bits per heavy atom. The zero-order valence-corrected chi connectivity index (χ0v) is 24.0. The van der Waals surface area contributed by atoms with Gasteiger partial charge in [0.1, 0.15) is 18.1 Å². The number of ether oxygens (including phenoxy) is 2. The Morgan fingerprint density at radius 3 is 2.71 bits per heavy atom. The van der Waals surface area contributed by atoms with Gasteiger partial charge in [-0.05, 0) is 111 Å². The normalized spacial score (nSPS) is 21.5. The molecule has 3 heterocycles. The number of benzene rings is 3. The van der Waals surface area contributed by atoms with Gasteiger partial charge in [-0.2, -0.15) is 5.10 Å². The molecule has 7 heteroatoms. The molecule has 2 aliphatic heterocycles. The Morgan fingerprint density at radius 2 is 1.88 bits per heavy atom. The van der Waals surface area contributed by atoms with Gasteiger partial charge in [0, 0.05) is 35.7 Å². The second-order valence-electron chi connectivity index (χ2n) is 12.0. The van der Waals surface area contributed by atoms with E-state index >= 15 is 0 Å². The predicted octanol–water partition coefficient (Wildman–Crippen LogP) is 6.56. The number of likely N-dealkylation sites (tertiary alicyclic amines) is 1. The molecule has 0 bridgehead atoms. The van der Waals surface area contributed by atoms with Crippen LogP contribution in [0.3, 0.4) is 0 Å². The van der Waals surface area contributed by atoms with E-state index in [1.54, 1.807) is 0 Å². The van der Waals surface area contributed by atoms with Gasteiger partial charge in [0.05, 0.1) is 5.52 Å². The van der Waals surface area contributed by atoms with Crippen LogP contribution in [0, 0.1) is 5.92 Å². The molecule has 3 fully saturated rings. The van der Waals surface area contributed by atoms with E-state index < -0.39 is 0 Å². The van der Waals surface area contributed by atoms with E-state index in [2.05, 4.69) is 53.5 Å². The van der Waals surface area contributed by atoms with E-state index in [9.17, 15) is 4.79 Å². The standard InChI is InChI=1S/C34H40N4O3/c1-2-37-16-5-6-28(37)22-41-29-14-12-24-18-26(11-10-25(24)19-29)33-30-20-27(34(39)35-21-23-8-9-23)13-15-31(30)38(36-33)32-7-3-4-17-40-32/h10-15,18-20,23,28,32H,2-9,16-17,21-22H2,1H3,(H,35,39). The average Bonchev–Trinajstić information content (AvgIpc) is 3.61. The number of nitrogens with one attached hydrogen (secondary N) is 1. The number of nitrogens with zero attached hydrogens (tertiary/aromatic N) is 3. The SMILES string of the molecule is CCN1CCCC1COc1ccc2cc(-c3nn(C4CCCCO4)c4ccc(C(=O)NCC5CC5)cc34)ccc2c1. The Balaban J connectivity index is 1.19. The largest absolute Gasteiger partial charge is 0.492 e. The quantitative estimate of drug-likeness (QED) is 0.255. The molecule has 2 unspecified atom stereocenters. The summed E-state index contributed by atoms with van der Waals surface area (Å²) < 4.78 is 14.4. The topological polar surface area (TPSA) is 68.6 Å². The summed E-state index contributed by atoms with van der Waals surface area (Å²) in [6.07, 6.45) is 7.96. The summed E-state index contributed by atoms with van der Waals surface area (Å²) in [5.74, 6) is 1.54. The van der Waals surface area contributed by atoms with Crippen LogP contribution in [-0.4, -0.2) is 59.5 Å². The molecule has 1 aliphatic carbocycles. The van der Waals surface area contributed by atoms with Gasteiger partial charge in [-0.15, -0.1) is 0 Å². The van der Waals surface area contributed by atoms with Gasteiger partial charge in [0.15, 0.2) is 6.23 Å². The lowest BCUT2D eigenvalue weighted by Gasteiger charge is -2.23. The minimum Gasteiger partial charge on any atom is -0.492 e. The molecule has 41 heavy (non-hydrogen) atoms. The van der Waals surface area contributed by atoms with Crippen LogP contribution < -0.4 is 10.1 Å². The maximum atomic E-state index is 13.0. The van der Waals surface area contributed by atoms with Gasteiger partial charge < -0.3 is 14.8 Å². The summed E-state index contributed by atoms with van der Waals surface area (Å²) in [6.45, 7) is 6.73. The first-order valence-corrected chi connectivity index (χ1v) is 15.5. The molecule has 0 radical (unpaired) electrons. The van der Waals surface area contributed by atoms with Crippen molar-refractivity contribution in [3.05, 3.63) is 60.2 Å². The molecule has 2 saturated heterocycles. The third-order valence-corrected chi connectivity index (χ3v) is 9.08. The van der Waals surface area contributed by atoms with Crippen LogP contribution in [0.4, 0.5) is 0 Å². The number of carbonyl (C=O) groups excluding carboxylic acids is 1. The fourth-order valence-corrected chi connectivity index (χ4v) is 6.45. The first kappa shape index (κ1) is 26.5. The predicted molar refractivity (Wildman–Crippen MR) is 162 cm³/mol. The van der Waals surface area contributed by atoms with Crippen molar-refractivity contribution < 1.29 is 14.3 Å². The van der Waals surface area contributed by atoms with Crippen molar-refractivity contribution in [2.75, 3.05) is 32.8 Å². The minimum atomic E-state index is -0.0850. The number of hydrogen-bond donors (Lipinski definition) is 1. The van der Waals surface area contributed by atoms with Gasteiger partial charge >= 0.3 is 0 Å². The Bertz CT molecular complexity index is 1550. The van der Waals surface area contributed by atoms with Crippen molar-refractivity contribution in [1.29, 1.82) is 0 Å². The highest BCUT2D eigenvalue weighted by atomic mass is 16.5. The van der Waals surface area contributed by atoms with Crippen LogP contribution in [0.15, 0.2) is 54.6 Å². The first-order chi connectivity index (χ1) is 20.2. The summed E-state index contributed by atoms with van der Waals surface area (Å²) >= 11 is 0. The average molecular weight is 553 g/mol. The Kier molecular flexibility index (Phi) is 7.40. The molecule has 1 N–H and O–H groups in total. The van der Waals surface area contributed by atoms with Crippen molar-refractivity contribution in [2.45, 2.75) is 64.1 Å².